The fraction of sp³-hybridized carbons (Fsp3) is 0.333. The molecule has 1 aromatic heterocycles. The number of carbonyl (C=O) groups excluding carboxylic acids is 1. The van der Waals surface area contributed by atoms with Gasteiger partial charge in [-0.05, 0) is 38.0 Å². The maximum atomic E-state index is 12.4. The molecule has 0 bridgehead atoms. The van der Waals surface area contributed by atoms with Gasteiger partial charge in [0.15, 0.2) is 9.84 Å². The summed E-state index contributed by atoms with van der Waals surface area (Å²) < 4.78 is 23.0. The van der Waals surface area contributed by atoms with E-state index in [2.05, 4.69) is 10.3 Å². The van der Waals surface area contributed by atoms with Crippen molar-refractivity contribution >= 4 is 21.6 Å². The SMILES string of the molecule is CCCS(=O)(=O)C(C)(C)C(=O)Nc1ccc(-c2ccccc2)cn1. The number of pyridine rings is 1. The summed E-state index contributed by atoms with van der Waals surface area (Å²) in [6.45, 7) is 4.62. The number of hydrogen-bond acceptors (Lipinski definition) is 4. The van der Waals surface area contributed by atoms with Gasteiger partial charge in [0.25, 0.3) is 0 Å². The first-order valence-electron chi connectivity index (χ1n) is 7.83. The van der Waals surface area contributed by atoms with E-state index in [9.17, 15) is 13.2 Å². The standard InChI is InChI=1S/C18H22N2O3S/c1-4-12-24(22,23)18(2,3)17(21)20-16-11-10-15(13-19-16)14-8-6-5-7-9-14/h5-11,13H,4,12H2,1-3H3,(H,19,20,21). The summed E-state index contributed by atoms with van der Waals surface area (Å²) in [5.41, 5.74) is 1.94. The Balaban J connectivity index is 2.15. The predicted molar refractivity (Wildman–Crippen MR) is 96.5 cm³/mol. The van der Waals surface area contributed by atoms with Gasteiger partial charge in [-0.3, -0.25) is 4.79 Å². The number of nitrogens with zero attached hydrogens (tertiary/aromatic N) is 1. The number of carbonyl (C=O) groups is 1. The third-order valence-electron chi connectivity index (χ3n) is 3.91. The number of sulfone groups is 1. The Hall–Kier alpha value is -2.21. The number of rotatable bonds is 6. The Morgan fingerprint density at radius 2 is 1.75 bits per heavy atom. The number of benzene rings is 1. The first-order valence-corrected chi connectivity index (χ1v) is 9.48. The van der Waals surface area contributed by atoms with E-state index in [0.717, 1.165) is 11.1 Å². The molecule has 1 amide bonds. The molecule has 0 saturated heterocycles. The maximum Gasteiger partial charge on any atom is 0.246 e. The molecule has 0 aliphatic heterocycles. The largest absolute Gasteiger partial charge is 0.309 e. The van der Waals surface area contributed by atoms with Crippen LogP contribution in [0.1, 0.15) is 27.2 Å². The van der Waals surface area contributed by atoms with Crippen LogP contribution in [-0.4, -0.2) is 29.8 Å². The fourth-order valence-electron chi connectivity index (χ4n) is 2.20. The molecule has 0 spiro atoms. The second-order valence-corrected chi connectivity index (χ2v) is 8.74. The van der Waals surface area contributed by atoms with Crippen molar-refractivity contribution in [2.75, 3.05) is 11.1 Å². The minimum absolute atomic E-state index is 0.0200. The van der Waals surface area contributed by atoms with E-state index in [1.54, 1.807) is 19.2 Å². The Kier molecular flexibility index (Phi) is 5.39. The highest BCUT2D eigenvalue weighted by atomic mass is 32.2. The molecule has 24 heavy (non-hydrogen) atoms. The summed E-state index contributed by atoms with van der Waals surface area (Å²) in [7, 11) is -3.52. The normalized spacial score (nSPS) is 12.0. The molecule has 0 radical (unpaired) electrons. The van der Waals surface area contributed by atoms with Gasteiger partial charge in [-0.2, -0.15) is 0 Å². The lowest BCUT2D eigenvalue weighted by molar-refractivity contribution is -0.117. The van der Waals surface area contributed by atoms with E-state index < -0.39 is 20.5 Å². The van der Waals surface area contributed by atoms with Gasteiger partial charge >= 0.3 is 0 Å². The Bertz CT molecular complexity index is 798. The number of hydrogen-bond donors (Lipinski definition) is 1. The average molecular weight is 346 g/mol. The summed E-state index contributed by atoms with van der Waals surface area (Å²) in [5.74, 6) is -0.260. The van der Waals surface area contributed by atoms with Crippen LogP contribution in [-0.2, 0) is 14.6 Å². The number of amides is 1. The smallest absolute Gasteiger partial charge is 0.246 e. The molecule has 2 rings (SSSR count). The van der Waals surface area contributed by atoms with Crippen molar-refractivity contribution in [3.05, 3.63) is 48.7 Å². The van der Waals surface area contributed by atoms with E-state index in [1.165, 1.54) is 13.8 Å². The Labute approximate surface area is 143 Å². The quantitative estimate of drug-likeness (QED) is 0.871. The molecule has 5 nitrogen and oxygen atoms in total. The van der Waals surface area contributed by atoms with Gasteiger partial charge in [0.2, 0.25) is 5.91 Å². The molecule has 0 unspecified atom stereocenters. The minimum atomic E-state index is -3.52. The molecule has 0 aliphatic rings. The van der Waals surface area contributed by atoms with Crippen molar-refractivity contribution in [3.8, 4) is 11.1 Å². The van der Waals surface area contributed by atoms with Crippen molar-refractivity contribution < 1.29 is 13.2 Å². The van der Waals surface area contributed by atoms with Gasteiger partial charge < -0.3 is 5.32 Å². The number of anilines is 1. The van der Waals surface area contributed by atoms with Crippen LogP contribution < -0.4 is 5.32 Å². The average Bonchev–Trinajstić information content (AvgIpc) is 2.56. The van der Waals surface area contributed by atoms with Gasteiger partial charge in [0.1, 0.15) is 10.6 Å². The van der Waals surface area contributed by atoms with Crippen molar-refractivity contribution in [1.82, 2.24) is 4.98 Å². The molecule has 6 heteroatoms. The maximum absolute atomic E-state index is 12.4. The molecule has 1 N–H and O–H groups in total. The second kappa shape index (κ2) is 7.13. The molecule has 128 valence electrons. The molecular formula is C18H22N2O3S. The van der Waals surface area contributed by atoms with Crippen LogP contribution in [0.15, 0.2) is 48.7 Å². The number of aromatic nitrogens is 1. The fourth-order valence-corrected chi connectivity index (χ4v) is 3.58. The highest BCUT2D eigenvalue weighted by Crippen LogP contribution is 2.22. The van der Waals surface area contributed by atoms with E-state index in [-0.39, 0.29) is 5.75 Å². The lowest BCUT2D eigenvalue weighted by Crippen LogP contribution is -2.45. The highest BCUT2D eigenvalue weighted by Gasteiger charge is 2.41. The highest BCUT2D eigenvalue weighted by molar-refractivity contribution is 7.93. The van der Waals surface area contributed by atoms with Crippen molar-refractivity contribution in [3.63, 3.8) is 0 Å². The van der Waals surface area contributed by atoms with Crippen LogP contribution >= 0.6 is 0 Å². The van der Waals surface area contributed by atoms with Crippen LogP contribution in [0.5, 0.6) is 0 Å². The molecule has 1 heterocycles. The number of nitrogens with one attached hydrogen (secondary N) is 1. The summed E-state index contributed by atoms with van der Waals surface area (Å²) >= 11 is 0. The first kappa shape index (κ1) is 18.1. The van der Waals surface area contributed by atoms with Crippen LogP contribution in [0.2, 0.25) is 0 Å². The topological polar surface area (TPSA) is 76.1 Å². The Morgan fingerprint density at radius 1 is 1.08 bits per heavy atom. The third-order valence-corrected chi connectivity index (χ3v) is 6.60. The molecule has 0 atom stereocenters. The summed E-state index contributed by atoms with van der Waals surface area (Å²) in [5, 5.41) is 2.60. The van der Waals surface area contributed by atoms with Crippen LogP contribution in [0.3, 0.4) is 0 Å². The molecule has 2 aromatic rings. The molecule has 0 saturated carbocycles. The zero-order chi connectivity index (χ0) is 17.8. The van der Waals surface area contributed by atoms with E-state index >= 15 is 0 Å². The van der Waals surface area contributed by atoms with E-state index in [0.29, 0.717) is 12.2 Å². The molecule has 0 aliphatic carbocycles. The summed E-state index contributed by atoms with van der Waals surface area (Å²) in [6.07, 6.45) is 2.13. The molecule has 0 fully saturated rings. The van der Waals surface area contributed by atoms with E-state index in [1.807, 2.05) is 36.4 Å². The van der Waals surface area contributed by atoms with Gasteiger partial charge in [-0.25, -0.2) is 13.4 Å². The van der Waals surface area contributed by atoms with Gasteiger partial charge in [-0.15, -0.1) is 0 Å². The third kappa shape index (κ3) is 3.82. The predicted octanol–water partition coefficient (Wildman–Crippen LogP) is 3.29. The van der Waals surface area contributed by atoms with Gasteiger partial charge in [-0.1, -0.05) is 37.3 Å². The molecule has 1 aromatic carbocycles. The first-order chi connectivity index (χ1) is 11.3. The summed E-state index contributed by atoms with van der Waals surface area (Å²) in [4.78, 5) is 16.6. The van der Waals surface area contributed by atoms with Gasteiger partial charge in [0, 0.05) is 11.8 Å². The van der Waals surface area contributed by atoms with Crippen molar-refractivity contribution in [2.24, 2.45) is 0 Å². The lowest BCUT2D eigenvalue weighted by Gasteiger charge is -2.23. The zero-order valence-corrected chi connectivity index (χ0v) is 14.9. The van der Waals surface area contributed by atoms with Gasteiger partial charge in [0.05, 0.1) is 5.75 Å². The zero-order valence-electron chi connectivity index (χ0n) is 14.1. The van der Waals surface area contributed by atoms with Crippen molar-refractivity contribution in [1.29, 1.82) is 0 Å². The second-order valence-electron chi connectivity index (χ2n) is 6.08. The van der Waals surface area contributed by atoms with Crippen LogP contribution in [0, 0.1) is 0 Å². The summed E-state index contributed by atoms with van der Waals surface area (Å²) in [6, 6.07) is 13.3. The molecular weight excluding hydrogens is 324 g/mol. The monoisotopic (exact) mass is 346 g/mol. The van der Waals surface area contributed by atoms with Crippen LogP contribution in [0.25, 0.3) is 11.1 Å². The minimum Gasteiger partial charge on any atom is -0.309 e. The Morgan fingerprint density at radius 3 is 2.29 bits per heavy atom. The lowest BCUT2D eigenvalue weighted by atomic mass is 10.1. The van der Waals surface area contributed by atoms with Crippen molar-refractivity contribution in [2.45, 2.75) is 31.9 Å². The van der Waals surface area contributed by atoms with E-state index in [4.69, 9.17) is 0 Å². The van der Waals surface area contributed by atoms with Crippen LogP contribution in [0.4, 0.5) is 5.82 Å².